The Kier molecular flexibility index (Phi) is 6.39. The number of hydrogen-bond acceptors (Lipinski definition) is 5. The molecule has 1 N–H and O–H groups in total. The van der Waals surface area contributed by atoms with Gasteiger partial charge in [0.15, 0.2) is 17.0 Å². The molecule has 29 heavy (non-hydrogen) atoms. The summed E-state index contributed by atoms with van der Waals surface area (Å²) >= 11 is 0. The largest absolute Gasteiger partial charge is 0.368 e. The first-order valence-corrected chi connectivity index (χ1v) is 11.0. The van der Waals surface area contributed by atoms with Crippen LogP contribution < -0.4 is 5.32 Å². The number of imidazole rings is 1. The van der Waals surface area contributed by atoms with Gasteiger partial charge in [-0.05, 0) is 39.3 Å². The lowest BCUT2D eigenvalue weighted by molar-refractivity contribution is 0.222. The van der Waals surface area contributed by atoms with E-state index in [0.717, 1.165) is 66.7 Å². The van der Waals surface area contributed by atoms with E-state index in [9.17, 15) is 0 Å². The molecule has 4 rings (SSSR count). The zero-order valence-corrected chi connectivity index (χ0v) is 17.7. The molecule has 0 aliphatic carbocycles. The van der Waals surface area contributed by atoms with Crippen LogP contribution in [0.1, 0.15) is 44.9 Å². The van der Waals surface area contributed by atoms with E-state index in [0.29, 0.717) is 0 Å². The Morgan fingerprint density at radius 2 is 1.76 bits per heavy atom. The number of aromatic nitrogens is 4. The van der Waals surface area contributed by atoms with Crippen molar-refractivity contribution in [2.45, 2.75) is 52.5 Å². The normalized spacial score (nSPS) is 15.1. The summed E-state index contributed by atoms with van der Waals surface area (Å²) in [5, 5.41) is 3.49. The van der Waals surface area contributed by atoms with E-state index in [1.54, 1.807) is 0 Å². The van der Waals surface area contributed by atoms with E-state index in [1.807, 2.05) is 13.0 Å². The number of fused-ring (bicyclic) bond motifs is 1. The van der Waals surface area contributed by atoms with E-state index in [-0.39, 0.29) is 0 Å². The molecule has 1 aromatic carbocycles. The number of nitrogens with zero attached hydrogens (tertiary/aromatic N) is 5. The maximum Gasteiger partial charge on any atom is 0.166 e. The molecule has 0 bridgehead atoms. The highest BCUT2D eigenvalue weighted by molar-refractivity contribution is 5.86. The van der Waals surface area contributed by atoms with E-state index >= 15 is 0 Å². The number of piperidine rings is 1. The van der Waals surface area contributed by atoms with Crippen LogP contribution >= 0.6 is 0 Å². The number of likely N-dealkylation sites (tertiary alicyclic amines) is 1. The Hall–Kier alpha value is -2.47. The summed E-state index contributed by atoms with van der Waals surface area (Å²) in [7, 11) is 0. The van der Waals surface area contributed by atoms with Crippen molar-refractivity contribution in [2.24, 2.45) is 0 Å². The van der Waals surface area contributed by atoms with Crippen LogP contribution in [0.4, 0.5) is 5.82 Å². The minimum Gasteiger partial charge on any atom is -0.368 e. The molecule has 1 saturated heterocycles. The second kappa shape index (κ2) is 9.35. The van der Waals surface area contributed by atoms with Crippen LogP contribution in [0.25, 0.3) is 22.6 Å². The molecular weight excluding hydrogens is 360 g/mol. The molecule has 2 aromatic heterocycles. The minimum absolute atomic E-state index is 0.787. The van der Waals surface area contributed by atoms with Gasteiger partial charge in [-0.3, -0.25) is 0 Å². The quantitative estimate of drug-likeness (QED) is 0.572. The Morgan fingerprint density at radius 1 is 0.966 bits per heavy atom. The molecule has 0 spiro atoms. The smallest absolute Gasteiger partial charge is 0.166 e. The van der Waals surface area contributed by atoms with E-state index in [4.69, 9.17) is 9.97 Å². The van der Waals surface area contributed by atoms with Gasteiger partial charge in [0.25, 0.3) is 0 Å². The van der Waals surface area contributed by atoms with Crippen molar-refractivity contribution >= 4 is 17.0 Å². The molecule has 6 heteroatoms. The van der Waals surface area contributed by atoms with E-state index < -0.39 is 0 Å². The monoisotopic (exact) mass is 392 g/mol. The van der Waals surface area contributed by atoms with Gasteiger partial charge in [0.2, 0.25) is 0 Å². The molecule has 1 aliphatic heterocycles. The minimum atomic E-state index is 0.787. The van der Waals surface area contributed by atoms with E-state index in [1.165, 1.54) is 32.4 Å². The second-order valence-electron chi connectivity index (χ2n) is 7.93. The Morgan fingerprint density at radius 3 is 2.52 bits per heavy atom. The molecule has 0 atom stereocenters. The van der Waals surface area contributed by atoms with E-state index in [2.05, 4.69) is 51.0 Å². The van der Waals surface area contributed by atoms with Crippen LogP contribution in [0.15, 0.2) is 30.3 Å². The maximum absolute atomic E-state index is 5.02. The van der Waals surface area contributed by atoms with Gasteiger partial charge >= 0.3 is 0 Å². The fourth-order valence-corrected chi connectivity index (χ4v) is 4.06. The number of rotatable bonds is 8. The third kappa shape index (κ3) is 4.58. The Labute approximate surface area is 173 Å². The fraction of sp³-hybridized carbons (Fsp3) is 0.522. The fourth-order valence-electron chi connectivity index (χ4n) is 4.06. The number of hydrogen-bond donors (Lipinski definition) is 1. The lowest BCUT2D eigenvalue weighted by atomic mass is 10.1. The van der Waals surface area contributed by atoms with Crippen LogP contribution in [-0.2, 0) is 6.54 Å². The van der Waals surface area contributed by atoms with Crippen molar-refractivity contribution < 1.29 is 0 Å². The number of benzene rings is 1. The van der Waals surface area contributed by atoms with Gasteiger partial charge in [-0.2, -0.15) is 0 Å². The third-order valence-corrected chi connectivity index (χ3v) is 5.65. The number of aryl methyl sites for hydroxylation is 1. The number of unbranched alkanes of at least 4 members (excludes halogenated alkanes) is 1. The zero-order valence-electron chi connectivity index (χ0n) is 17.7. The first kappa shape index (κ1) is 19.8. The summed E-state index contributed by atoms with van der Waals surface area (Å²) in [6, 6.07) is 10.4. The predicted octanol–water partition coefficient (Wildman–Crippen LogP) is 4.50. The molecule has 6 nitrogen and oxygen atoms in total. The van der Waals surface area contributed by atoms with Gasteiger partial charge in [0.05, 0.1) is 0 Å². The van der Waals surface area contributed by atoms with Crippen molar-refractivity contribution in [3.05, 3.63) is 36.2 Å². The summed E-state index contributed by atoms with van der Waals surface area (Å²) in [5.74, 6) is 2.63. The molecule has 3 aromatic rings. The molecule has 0 radical (unpaired) electrons. The molecule has 0 amide bonds. The Bertz CT molecular complexity index is 927. The predicted molar refractivity (Wildman–Crippen MR) is 119 cm³/mol. The van der Waals surface area contributed by atoms with Gasteiger partial charge < -0.3 is 14.8 Å². The summed E-state index contributed by atoms with van der Waals surface area (Å²) in [6.45, 7) is 9.40. The lowest BCUT2D eigenvalue weighted by Crippen LogP contribution is -2.32. The number of anilines is 1. The molecule has 0 saturated carbocycles. The van der Waals surface area contributed by atoms with Crippen LogP contribution in [0.5, 0.6) is 0 Å². The van der Waals surface area contributed by atoms with Crippen molar-refractivity contribution in [2.75, 3.05) is 31.5 Å². The first-order chi connectivity index (χ1) is 14.3. The molecular formula is C23H32N6. The maximum atomic E-state index is 5.02. The van der Waals surface area contributed by atoms with Gasteiger partial charge in [-0.25, -0.2) is 15.0 Å². The van der Waals surface area contributed by atoms with Crippen LogP contribution in [0.3, 0.4) is 0 Å². The summed E-state index contributed by atoms with van der Waals surface area (Å²) in [6.07, 6.45) is 6.25. The topological polar surface area (TPSA) is 58.9 Å². The van der Waals surface area contributed by atoms with Gasteiger partial charge in [0, 0.05) is 25.2 Å². The van der Waals surface area contributed by atoms with Crippen molar-refractivity contribution in [3.63, 3.8) is 0 Å². The molecule has 0 unspecified atom stereocenters. The van der Waals surface area contributed by atoms with Gasteiger partial charge in [0.1, 0.15) is 11.6 Å². The molecule has 1 aliphatic rings. The summed E-state index contributed by atoms with van der Waals surface area (Å²) in [4.78, 5) is 17.1. The third-order valence-electron chi connectivity index (χ3n) is 5.65. The van der Waals surface area contributed by atoms with Crippen molar-refractivity contribution in [3.8, 4) is 11.4 Å². The highest BCUT2D eigenvalue weighted by Gasteiger charge is 2.19. The van der Waals surface area contributed by atoms with Crippen LogP contribution in [-0.4, -0.2) is 50.6 Å². The molecule has 154 valence electrons. The molecule has 3 heterocycles. The van der Waals surface area contributed by atoms with Gasteiger partial charge in [-0.1, -0.05) is 50.1 Å². The summed E-state index contributed by atoms with van der Waals surface area (Å²) < 4.78 is 2.29. The van der Waals surface area contributed by atoms with Gasteiger partial charge in [-0.15, -0.1) is 0 Å². The average Bonchev–Trinajstić information content (AvgIpc) is 3.12. The lowest BCUT2D eigenvalue weighted by Gasteiger charge is -2.26. The summed E-state index contributed by atoms with van der Waals surface area (Å²) in [5.41, 5.74) is 2.94. The van der Waals surface area contributed by atoms with Crippen LogP contribution in [0, 0.1) is 6.92 Å². The zero-order chi connectivity index (χ0) is 20.1. The average molecular weight is 393 g/mol. The highest BCUT2D eigenvalue weighted by atomic mass is 15.2. The second-order valence-corrected chi connectivity index (χ2v) is 7.93. The first-order valence-electron chi connectivity index (χ1n) is 11.0. The number of nitrogens with one attached hydrogen (secondary N) is 1. The van der Waals surface area contributed by atoms with Crippen molar-refractivity contribution in [1.82, 2.24) is 24.4 Å². The highest BCUT2D eigenvalue weighted by Crippen LogP contribution is 2.27. The Balaban J connectivity index is 1.73. The molecule has 1 fully saturated rings. The van der Waals surface area contributed by atoms with Crippen molar-refractivity contribution in [1.29, 1.82) is 0 Å². The standard InChI is InChI=1S/C23H32N6/c1-3-4-13-24-21-20-23(26-18(2)25-21)29(17-16-28-14-9-6-10-15-28)22(27-20)19-11-7-5-8-12-19/h5,7-8,11-12H,3-4,6,9-10,13-17H2,1-2H3,(H,24,25,26). The SMILES string of the molecule is CCCCNc1nc(C)nc2c1nc(-c1ccccc1)n2CCN1CCCCC1. The van der Waals surface area contributed by atoms with Crippen LogP contribution in [0.2, 0.25) is 0 Å².